The Morgan fingerprint density at radius 3 is 2.60 bits per heavy atom. The van der Waals surface area contributed by atoms with E-state index < -0.39 is 48.3 Å². The molecule has 1 aliphatic carbocycles. The summed E-state index contributed by atoms with van der Waals surface area (Å²) < 4.78 is 7.25. The van der Waals surface area contributed by atoms with Crippen molar-refractivity contribution in [3.8, 4) is 0 Å². The Bertz CT molecular complexity index is 1820. The van der Waals surface area contributed by atoms with Crippen LogP contribution >= 0.6 is 0 Å². The van der Waals surface area contributed by atoms with Gasteiger partial charge in [-0.15, -0.1) is 0 Å². The zero-order valence-corrected chi connectivity index (χ0v) is 21.0. The van der Waals surface area contributed by atoms with Crippen LogP contribution in [-0.4, -0.2) is 76.1 Å². The molecule has 2 aromatic heterocycles. The topological polar surface area (TPSA) is 186 Å². The first-order valence-electron chi connectivity index (χ1n) is 13.0. The Morgan fingerprint density at radius 2 is 1.80 bits per heavy atom. The summed E-state index contributed by atoms with van der Waals surface area (Å²) in [6.07, 6.45) is -5.08. The standard InChI is InChI=1S/C28H27N5O7/c34-10-17-16(35)9-18(40-17)33-11-29-22-26(33)31-28(32-27(22)39)30-21-20-15(23(36)25(38)24(21)37)8-7-13-6-5-12-3-1-2-4-14(12)19(13)20/h1-8,11,16-18,21,23-25,34-38H,9-10H2,(H2,30,31,32,39)/t16-,17+,18+,21+,23+,24+,25-/m0/s1. The summed E-state index contributed by atoms with van der Waals surface area (Å²) in [6.45, 7) is -0.360. The zero-order valence-electron chi connectivity index (χ0n) is 21.0. The van der Waals surface area contributed by atoms with Crippen LogP contribution in [0.3, 0.4) is 0 Å². The molecule has 0 amide bonds. The number of hydrogen-bond acceptors (Lipinski definition) is 10. The molecule has 7 N–H and O–H groups in total. The van der Waals surface area contributed by atoms with Gasteiger partial charge >= 0.3 is 0 Å². The summed E-state index contributed by atoms with van der Waals surface area (Å²) in [7, 11) is 0. The number of imidazole rings is 1. The predicted octanol–water partition coefficient (Wildman–Crippen LogP) is 0.989. The Morgan fingerprint density at radius 1 is 1.02 bits per heavy atom. The lowest BCUT2D eigenvalue weighted by molar-refractivity contribution is -0.0767. The first kappa shape index (κ1) is 25.1. The molecule has 5 aromatic rings. The fourth-order valence-electron chi connectivity index (χ4n) is 6.03. The van der Waals surface area contributed by atoms with Crippen molar-refractivity contribution in [3.63, 3.8) is 0 Å². The van der Waals surface area contributed by atoms with Gasteiger partial charge in [-0.2, -0.15) is 4.98 Å². The Kier molecular flexibility index (Phi) is 5.85. The van der Waals surface area contributed by atoms with E-state index in [0.717, 1.165) is 21.5 Å². The molecule has 7 atom stereocenters. The third-order valence-electron chi connectivity index (χ3n) is 8.05. The smallest absolute Gasteiger partial charge is 0.280 e. The fraction of sp³-hybridized carbons (Fsp3) is 0.321. The molecule has 2 aliphatic rings. The number of aliphatic hydroxyl groups is 5. The number of fused-ring (bicyclic) bond motifs is 6. The van der Waals surface area contributed by atoms with Gasteiger partial charge in [-0.1, -0.05) is 48.5 Å². The van der Waals surface area contributed by atoms with Crippen LogP contribution in [0.4, 0.5) is 5.95 Å². The van der Waals surface area contributed by atoms with Crippen LogP contribution in [0.15, 0.2) is 59.7 Å². The highest BCUT2D eigenvalue weighted by Gasteiger charge is 2.42. The molecule has 40 heavy (non-hydrogen) atoms. The van der Waals surface area contributed by atoms with E-state index in [9.17, 15) is 30.3 Å². The number of benzene rings is 3. The van der Waals surface area contributed by atoms with Crippen molar-refractivity contribution in [2.24, 2.45) is 0 Å². The highest BCUT2D eigenvalue weighted by molar-refractivity contribution is 6.10. The number of anilines is 1. The molecule has 206 valence electrons. The van der Waals surface area contributed by atoms with Crippen molar-refractivity contribution in [3.05, 3.63) is 76.3 Å². The normalized spacial score (nSPS) is 28.4. The number of nitrogens with one attached hydrogen (secondary N) is 2. The van der Waals surface area contributed by atoms with Crippen LogP contribution in [-0.2, 0) is 4.74 Å². The number of H-pyrrole nitrogens is 1. The second-order valence-electron chi connectivity index (χ2n) is 10.4. The Hall–Kier alpha value is -3.91. The summed E-state index contributed by atoms with van der Waals surface area (Å²) in [5.41, 5.74) is 0.724. The molecule has 1 fully saturated rings. The molecule has 1 saturated heterocycles. The van der Waals surface area contributed by atoms with Gasteiger partial charge in [-0.3, -0.25) is 14.3 Å². The monoisotopic (exact) mass is 545 g/mol. The van der Waals surface area contributed by atoms with E-state index >= 15 is 0 Å². The van der Waals surface area contributed by atoms with Crippen LogP contribution in [0.25, 0.3) is 32.7 Å². The van der Waals surface area contributed by atoms with E-state index in [2.05, 4.69) is 20.3 Å². The summed E-state index contributed by atoms with van der Waals surface area (Å²) in [6, 6.07) is 14.4. The quantitative estimate of drug-likeness (QED) is 0.161. The van der Waals surface area contributed by atoms with Crippen molar-refractivity contribution in [2.45, 2.75) is 49.2 Å². The average molecular weight is 546 g/mol. The molecule has 7 rings (SSSR count). The van der Waals surface area contributed by atoms with Gasteiger partial charge in [-0.05, 0) is 32.7 Å². The van der Waals surface area contributed by atoms with Crippen molar-refractivity contribution in [1.29, 1.82) is 0 Å². The third-order valence-corrected chi connectivity index (χ3v) is 8.05. The molecule has 0 unspecified atom stereocenters. The van der Waals surface area contributed by atoms with Crippen LogP contribution in [0, 0.1) is 0 Å². The number of hydrogen-bond donors (Lipinski definition) is 7. The van der Waals surface area contributed by atoms with Gasteiger partial charge in [0.15, 0.2) is 11.2 Å². The molecule has 0 bridgehead atoms. The fourth-order valence-corrected chi connectivity index (χ4v) is 6.03. The maximum atomic E-state index is 13.0. The zero-order chi connectivity index (χ0) is 27.7. The van der Waals surface area contributed by atoms with E-state index in [1.165, 1.54) is 10.9 Å². The Labute approximate surface area is 226 Å². The van der Waals surface area contributed by atoms with E-state index in [0.29, 0.717) is 11.1 Å². The Balaban J connectivity index is 1.37. The number of aromatic nitrogens is 4. The van der Waals surface area contributed by atoms with Gasteiger partial charge in [-0.25, -0.2) is 4.98 Å². The van der Waals surface area contributed by atoms with Gasteiger partial charge in [0.1, 0.15) is 30.6 Å². The van der Waals surface area contributed by atoms with Gasteiger partial charge in [0.05, 0.1) is 25.1 Å². The third kappa shape index (κ3) is 3.73. The van der Waals surface area contributed by atoms with Gasteiger partial charge in [0.2, 0.25) is 5.95 Å². The molecule has 3 heterocycles. The van der Waals surface area contributed by atoms with Gasteiger partial charge in [0, 0.05) is 6.42 Å². The maximum Gasteiger partial charge on any atom is 0.280 e. The first-order valence-corrected chi connectivity index (χ1v) is 13.0. The predicted molar refractivity (Wildman–Crippen MR) is 145 cm³/mol. The first-order chi connectivity index (χ1) is 19.4. The average Bonchev–Trinajstić information content (AvgIpc) is 3.56. The molecular weight excluding hydrogens is 518 g/mol. The number of aromatic amines is 1. The largest absolute Gasteiger partial charge is 0.394 e. The molecule has 1 aliphatic heterocycles. The molecule has 12 nitrogen and oxygen atoms in total. The minimum Gasteiger partial charge on any atom is -0.394 e. The minimum atomic E-state index is -1.50. The highest BCUT2D eigenvalue weighted by Crippen LogP contribution is 2.44. The summed E-state index contributed by atoms with van der Waals surface area (Å²) >= 11 is 0. The van der Waals surface area contributed by atoms with Crippen molar-refractivity contribution < 1.29 is 30.3 Å². The number of nitrogens with zero attached hydrogens (tertiary/aromatic N) is 3. The van der Waals surface area contributed by atoms with Gasteiger partial charge < -0.3 is 35.6 Å². The van der Waals surface area contributed by atoms with Crippen LogP contribution in [0.1, 0.15) is 35.9 Å². The highest BCUT2D eigenvalue weighted by atomic mass is 16.5. The van der Waals surface area contributed by atoms with Crippen LogP contribution in [0.5, 0.6) is 0 Å². The molecule has 0 saturated carbocycles. The number of rotatable bonds is 4. The molecule has 12 heteroatoms. The summed E-state index contributed by atoms with van der Waals surface area (Å²) in [5.74, 6) is 0.00679. The van der Waals surface area contributed by atoms with E-state index in [1.807, 2.05) is 42.5 Å². The maximum absolute atomic E-state index is 13.0. The number of ether oxygens (including phenoxy) is 1. The van der Waals surface area contributed by atoms with Crippen molar-refractivity contribution in [2.75, 3.05) is 11.9 Å². The molecule has 0 spiro atoms. The van der Waals surface area contributed by atoms with Gasteiger partial charge in [0.25, 0.3) is 5.56 Å². The summed E-state index contributed by atoms with van der Waals surface area (Å²) in [4.78, 5) is 24.4. The lowest BCUT2D eigenvalue weighted by atomic mass is 9.78. The van der Waals surface area contributed by atoms with Crippen molar-refractivity contribution >= 4 is 38.7 Å². The molecule has 3 aromatic carbocycles. The SMILES string of the molecule is O=c1[nH]c(N[C@@H]2c3c(ccc4ccc5ccccc5c34)[C@@H](O)[C@H](O)[C@@H]2O)nc2c1ncn2[C@H]1C[C@H](O)[C@@H](CO)O1. The summed E-state index contributed by atoms with van der Waals surface area (Å²) in [5, 5.41) is 59.2. The molecule has 0 radical (unpaired) electrons. The van der Waals surface area contributed by atoms with E-state index in [4.69, 9.17) is 4.74 Å². The minimum absolute atomic E-state index is 0.00679. The number of aliphatic hydroxyl groups excluding tert-OH is 5. The van der Waals surface area contributed by atoms with Crippen LogP contribution in [0.2, 0.25) is 0 Å². The van der Waals surface area contributed by atoms with E-state index in [-0.39, 0.29) is 30.1 Å². The van der Waals surface area contributed by atoms with E-state index in [1.54, 1.807) is 6.07 Å². The lowest BCUT2D eigenvalue weighted by Gasteiger charge is -2.38. The second-order valence-corrected chi connectivity index (χ2v) is 10.4. The molecular formula is C28H27N5O7. The lowest BCUT2D eigenvalue weighted by Crippen LogP contribution is -2.44. The second kappa shape index (κ2) is 9.34. The van der Waals surface area contributed by atoms with Crippen LogP contribution < -0.4 is 10.9 Å². The van der Waals surface area contributed by atoms with Crippen molar-refractivity contribution in [1.82, 2.24) is 19.5 Å².